The van der Waals surface area contributed by atoms with Crippen LogP contribution in [0.1, 0.15) is 79.6 Å². The summed E-state index contributed by atoms with van der Waals surface area (Å²) in [6, 6.07) is 0. The predicted molar refractivity (Wildman–Crippen MR) is 94.4 cm³/mol. The van der Waals surface area contributed by atoms with Crippen LogP contribution in [0, 0.1) is 23.2 Å². The van der Waals surface area contributed by atoms with E-state index in [1.807, 2.05) is 13.8 Å². The minimum Gasteiger partial charge on any atom is -0.462 e. The predicted octanol–water partition coefficient (Wildman–Crippen LogP) is 3.68. The maximum Gasteiger partial charge on any atom is 0.302 e. The van der Waals surface area contributed by atoms with E-state index in [9.17, 15) is 15.0 Å². The summed E-state index contributed by atoms with van der Waals surface area (Å²) in [5, 5.41) is 20.4. The Morgan fingerprint density at radius 2 is 2.08 bits per heavy atom. The topological polar surface area (TPSA) is 66.8 Å². The minimum atomic E-state index is -0.627. The first kappa shape index (κ1) is 19.7. The van der Waals surface area contributed by atoms with Crippen molar-refractivity contribution < 1.29 is 19.7 Å². The molecule has 0 heterocycles. The van der Waals surface area contributed by atoms with E-state index >= 15 is 0 Å². The second-order valence-electron chi connectivity index (χ2n) is 9.16. The number of carbonyl (C=O) groups is 1. The van der Waals surface area contributed by atoms with Gasteiger partial charge in [0.2, 0.25) is 0 Å². The third kappa shape index (κ3) is 4.32. The summed E-state index contributed by atoms with van der Waals surface area (Å²) in [6.07, 6.45) is 6.23. The number of carbonyl (C=O) groups excluding carboxylic acids is 1. The van der Waals surface area contributed by atoms with Crippen LogP contribution < -0.4 is 0 Å². The van der Waals surface area contributed by atoms with Gasteiger partial charge >= 0.3 is 5.97 Å². The molecule has 0 bridgehead atoms. The number of esters is 1. The van der Waals surface area contributed by atoms with Crippen LogP contribution in [0.4, 0.5) is 0 Å². The summed E-state index contributed by atoms with van der Waals surface area (Å²) in [5.41, 5.74) is -0.579. The summed E-state index contributed by atoms with van der Waals surface area (Å²) in [7, 11) is 0. The van der Waals surface area contributed by atoms with E-state index in [1.54, 1.807) is 0 Å². The summed E-state index contributed by atoms with van der Waals surface area (Å²) in [6.45, 7) is 9.73. The Balaban J connectivity index is 2.13. The molecule has 2 aliphatic carbocycles. The fourth-order valence-electron chi connectivity index (χ4n) is 5.57. The van der Waals surface area contributed by atoms with E-state index in [-0.39, 0.29) is 29.5 Å². The average Bonchev–Trinajstić information content (AvgIpc) is 2.70. The highest BCUT2D eigenvalue weighted by Crippen LogP contribution is 2.59. The highest BCUT2D eigenvalue weighted by atomic mass is 16.5. The molecule has 0 amide bonds. The highest BCUT2D eigenvalue weighted by Gasteiger charge is 2.57. The van der Waals surface area contributed by atoms with E-state index in [0.717, 1.165) is 44.9 Å². The van der Waals surface area contributed by atoms with Crippen molar-refractivity contribution in [3.63, 3.8) is 0 Å². The molecule has 0 spiro atoms. The fraction of sp³-hybridized carbons (Fsp3) is 0.950. The minimum absolute atomic E-state index is 0.0476. The largest absolute Gasteiger partial charge is 0.462 e. The summed E-state index contributed by atoms with van der Waals surface area (Å²) in [4.78, 5) is 11.6. The van der Waals surface area contributed by atoms with Gasteiger partial charge in [-0.25, -0.2) is 0 Å². The lowest BCUT2D eigenvalue weighted by Crippen LogP contribution is -2.43. The van der Waals surface area contributed by atoms with Crippen LogP contribution in [0.3, 0.4) is 0 Å². The molecule has 2 rings (SSSR count). The van der Waals surface area contributed by atoms with Gasteiger partial charge in [-0.15, -0.1) is 0 Å². The first-order chi connectivity index (χ1) is 11.0. The molecule has 0 aliphatic heterocycles. The Morgan fingerprint density at radius 3 is 2.67 bits per heavy atom. The molecule has 4 heteroatoms. The van der Waals surface area contributed by atoms with E-state index in [1.165, 1.54) is 6.92 Å². The zero-order chi connectivity index (χ0) is 18.1. The van der Waals surface area contributed by atoms with Gasteiger partial charge in [0.1, 0.15) is 6.10 Å². The lowest BCUT2D eigenvalue weighted by atomic mass is 9.61. The number of hydrogen-bond acceptors (Lipinski definition) is 4. The molecule has 2 aliphatic rings. The van der Waals surface area contributed by atoms with Gasteiger partial charge in [0.25, 0.3) is 0 Å². The fourth-order valence-corrected chi connectivity index (χ4v) is 5.57. The summed E-state index contributed by atoms with van der Waals surface area (Å²) >= 11 is 0. The van der Waals surface area contributed by atoms with Crippen molar-refractivity contribution in [1.29, 1.82) is 0 Å². The molecule has 0 aromatic carbocycles. The molecule has 0 aromatic heterocycles. The molecule has 4 nitrogen and oxygen atoms in total. The number of hydrogen-bond donors (Lipinski definition) is 2. The number of ether oxygens (including phenoxy) is 1. The number of aliphatic hydroxyl groups excluding tert-OH is 1. The van der Waals surface area contributed by atoms with Crippen molar-refractivity contribution in [2.45, 2.75) is 97.4 Å². The maximum atomic E-state index is 11.6. The van der Waals surface area contributed by atoms with Crippen molar-refractivity contribution in [3.8, 4) is 0 Å². The van der Waals surface area contributed by atoms with E-state index in [2.05, 4.69) is 13.8 Å². The third-order valence-electron chi connectivity index (χ3n) is 6.55. The molecule has 140 valence electrons. The van der Waals surface area contributed by atoms with Crippen LogP contribution in [0.5, 0.6) is 0 Å². The second-order valence-corrected chi connectivity index (χ2v) is 9.16. The van der Waals surface area contributed by atoms with Crippen LogP contribution in [0.2, 0.25) is 0 Å². The lowest BCUT2D eigenvalue weighted by Gasteiger charge is -2.45. The lowest BCUT2D eigenvalue weighted by molar-refractivity contribution is -0.150. The number of fused-ring (bicyclic) bond motifs is 1. The molecular formula is C20H36O4. The van der Waals surface area contributed by atoms with E-state index in [0.29, 0.717) is 11.8 Å². The molecule has 2 N–H and O–H groups in total. The Kier molecular flexibility index (Phi) is 6.02. The molecule has 0 saturated heterocycles. The Hall–Kier alpha value is -0.610. The van der Waals surface area contributed by atoms with Crippen LogP contribution in [-0.2, 0) is 9.53 Å². The zero-order valence-electron chi connectivity index (χ0n) is 16.0. The van der Waals surface area contributed by atoms with Crippen LogP contribution >= 0.6 is 0 Å². The molecule has 24 heavy (non-hydrogen) atoms. The number of aliphatic hydroxyl groups is 2. The molecule has 0 radical (unpaired) electrons. The Labute approximate surface area is 147 Å². The van der Waals surface area contributed by atoms with Crippen LogP contribution in [0.15, 0.2) is 0 Å². The van der Waals surface area contributed by atoms with Gasteiger partial charge in [0.05, 0.1) is 11.7 Å². The SMILES string of the molecule is CC(=O)O[C@@H]1C[C@H]2[C@@H](O)CCC[C@]2(C)[C@H]1[C@@H](C)CCCC(C)(C)O. The Morgan fingerprint density at radius 1 is 1.42 bits per heavy atom. The smallest absolute Gasteiger partial charge is 0.302 e. The first-order valence-corrected chi connectivity index (χ1v) is 9.62. The molecule has 2 saturated carbocycles. The highest BCUT2D eigenvalue weighted by molar-refractivity contribution is 5.66. The van der Waals surface area contributed by atoms with Crippen LogP contribution in [-0.4, -0.2) is 34.0 Å². The zero-order valence-corrected chi connectivity index (χ0v) is 16.0. The van der Waals surface area contributed by atoms with Gasteiger partial charge in [0, 0.05) is 12.8 Å². The van der Waals surface area contributed by atoms with E-state index < -0.39 is 5.60 Å². The monoisotopic (exact) mass is 340 g/mol. The molecule has 6 atom stereocenters. The van der Waals surface area contributed by atoms with Gasteiger partial charge in [-0.05, 0) is 56.8 Å². The number of rotatable bonds is 6. The third-order valence-corrected chi connectivity index (χ3v) is 6.55. The van der Waals surface area contributed by atoms with E-state index in [4.69, 9.17) is 4.74 Å². The first-order valence-electron chi connectivity index (χ1n) is 9.62. The van der Waals surface area contributed by atoms with Crippen molar-refractivity contribution >= 4 is 5.97 Å². The van der Waals surface area contributed by atoms with Crippen LogP contribution in [0.25, 0.3) is 0 Å². The van der Waals surface area contributed by atoms with Gasteiger partial charge in [-0.2, -0.15) is 0 Å². The van der Waals surface area contributed by atoms with Gasteiger partial charge < -0.3 is 14.9 Å². The van der Waals surface area contributed by atoms with Crippen molar-refractivity contribution in [3.05, 3.63) is 0 Å². The molecular weight excluding hydrogens is 304 g/mol. The van der Waals surface area contributed by atoms with Crippen molar-refractivity contribution in [2.24, 2.45) is 23.2 Å². The quantitative estimate of drug-likeness (QED) is 0.724. The second kappa shape index (κ2) is 7.33. The van der Waals surface area contributed by atoms with Gasteiger partial charge in [-0.3, -0.25) is 4.79 Å². The summed E-state index contributed by atoms with van der Waals surface area (Å²) < 4.78 is 5.70. The molecule has 0 unspecified atom stereocenters. The van der Waals surface area contributed by atoms with Gasteiger partial charge in [-0.1, -0.05) is 33.1 Å². The Bertz CT molecular complexity index is 441. The maximum absolute atomic E-state index is 11.6. The normalized spacial score (nSPS) is 37.8. The molecule has 0 aromatic rings. The van der Waals surface area contributed by atoms with Crippen molar-refractivity contribution in [1.82, 2.24) is 0 Å². The van der Waals surface area contributed by atoms with Crippen molar-refractivity contribution in [2.75, 3.05) is 0 Å². The summed E-state index contributed by atoms with van der Waals surface area (Å²) in [5.74, 6) is 0.725. The standard InChI is InChI=1S/C20H36O4/c1-13(8-6-10-19(3,4)23)18-17(24-14(2)21)12-15-16(22)9-7-11-20(15,18)5/h13,15-18,22-23H,6-12H2,1-5H3/t13-,15-,16-,17+,18-,20-/m0/s1. The molecule has 2 fully saturated rings. The average molecular weight is 341 g/mol. The van der Waals surface area contributed by atoms with Gasteiger partial charge in [0.15, 0.2) is 0 Å².